The maximum absolute atomic E-state index is 3.55. The summed E-state index contributed by atoms with van der Waals surface area (Å²) in [5.74, 6) is 0.729. The lowest BCUT2D eigenvalue weighted by Crippen LogP contribution is -2.26. The third-order valence-corrected chi connectivity index (χ3v) is 4.12. The molecular weight excluding hydrogens is 264 g/mol. The molecule has 3 heteroatoms. The summed E-state index contributed by atoms with van der Waals surface area (Å²) in [5, 5.41) is 4.69. The Morgan fingerprint density at radius 1 is 1.19 bits per heavy atom. The van der Waals surface area contributed by atoms with Gasteiger partial charge in [-0.1, -0.05) is 12.1 Å². The number of halogens is 1. The second kappa shape index (κ2) is 4.22. The lowest BCUT2D eigenvalue weighted by atomic mass is 9.90. The molecule has 0 radical (unpaired) electrons. The molecule has 1 fully saturated rings. The zero-order chi connectivity index (χ0) is 11.0. The molecule has 2 nitrogen and oxygen atoms in total. The fourth-order valence-corrected chi connectivity index (χ4v) is 2.98. The summed E-state index contributed by atoms with van der Waals surface area (Å²) in [7, 11) is 0. The monoisotopic (exact) mass is 278 g/mol. The van der Waals surface area contributed by atoms with E-state index < -0.39 is 0 Å². The molecule has 2 N–H and O–H groups in total. The molecule has 84 valence electrons. The third kappa shape index (κ3) is 1.78. The van der Waals surface area contributed by atoms with Crippen LogP contribution in [0.25, 0.3) is 10.9 Å². The highest BCUT2D eigenvalue weighted by Gasteiger charge is 2.15. The average molecular weight is 279 g/mol. The van der Waals surface area contributed by atoms with Crippen LogP contribution in [0.2, 0.25) is 0 Å². The summed E-state index contributed by atoms with van der Waals surface area (Å²) in [4.78, 5) is 3.30. The van der Waals surface area contributed by atoms with E-state index in [0.717, 1.165) is 23.5 Å². The first kappa shape index (κ1) is 10.4. The molecule has 0 bridgehead atoms. The highest BCUT2D eigenvalue weighted by molar-refractivity contribution is 9.10. The van der Waals surface area contributed by atoms with E-state index in [1.165, 1.54) is 29.3 Å². The van der Waals surface area contributed by atoms with Crippen LogP contribution in [0.15, 0.2) is 28.9 Å². The minimum Gasteiger partial charge on any atom is -0.360 e. The van der Waals surface area contributed by atoms with Crippen molar-refractivity contribution in [2.45, 2.75) is 18.8 Å². The van der Waals surface area contributed by atoms with Gasteiger partial charge in [-0.2, -0.15) is 0 Å². The van der Waals surface area contributed by atoms with Gasteiger partial charge in [0.05, 0.1) is 0 Å². The van der Waals surface area contributed by atoms with Gasteiger partial charge in [-0.3, -0.25) is 0 Å². The van der Waals surface area contributed by atoms with Crippen molar-refractivity contribution in [1.29, 1.82) is 0 Å². The van der Waals surface area contributed by atoms with E-state index >= 15 is 0 Å². The second-order valence-corrected chi connectivity index (χ2v) is 5.32. The molecule has 1 aliphatic heterocycles. The fourth-order valence-electron chi connectivity index (χ4n) is 2.52. The summed E-state index contributed by atoms with van der Waals surface area (Å²) in [5.41, 5.74) is 2.71. The minimum atomic E-state index is 0.729. The molecule has 0 saturated carbocycles. The summed E-state index contributed by atoms with van der Waals surface area (Å²) >= 11 is 3.55. The van der Waals surface area contributed by atoms with Crippen LogP contribution in [0.3, 0.4) is 0 Å². The van der Waals surface area contributed by atoms with Crippen LogP contribution in [0.5, 0.6) is 0 Å². The van der Waals surface area contributed by atoms with Gasteiger partial charge in [-0.05, 0) is 59.4 Å². The number of benzene rings is 1. The third-order valence-electron chi connectivity index (χ3n) is 3.47. The van der Waals surface area contributed by atoms with Crippen LogP contribution in [0, 0.1) is 0 Å². The van der Waals surface area contributed by atoms with Crippen molar-refractivity contribution in [2.75, 3.05) is 13.1 Å². The average Bonchev–Trinajstić information content (AvgIpc) is 2.72. The maximum Gasteiger partial charge on any atom is 0.0468 e. The normalized spacial score (nSPS) is 18.1. The SMILES string of the molecule is Brc1c[nH]c2cc(C3CCNCC3)ccc12. The molecule has 0 unspecified atom stereocenters. The molecule has 3 rings (SSSR count). The van der Waals surface area contributed by atoms with Crippen LogP contribution in [-0.4, -0.2) is 18.1 Å². The Bertz CT molecular complexity index is 498. The van der Waals surface area contributed by atoms with Gasteiger partial charge in [0.25, 0.3) is 0 Å². The van der Waals surface area contributed by atoms with Crippen molar-refractivity contribution in [3.8, 4) is 0 Å². The Labute approximate surface area is 104 Å². The first-order chi connectivity index (χ1) is 7.84. The van der Waals surface area contributed by atoms with Gasteiger partial charge < -0.3 is 10.3 Å². The summed E-state index contributed by atoms with van der Waals surface area (Å²) in [6, 6.07) is 6.79. The minimum absolute atomic E-state index is 0.729. The number of hydrogen-bond donors (Lipinski definition) is 2. The van der Waals surface area contributed by atoms with Crippen LogP contribution in [0.4, 0.5) is 0 Å². The van der Waals surface area contributed by atoms with E-state index in [2.05, 4.69) is 44.4 Å². The molecule has 0 aliphatic carbocycles. The summed E-state index contributed by atoms with van der Waals surface area (Å²) in [6.07, 6.45) is 4.53. The Morgan fingerprint density at radius 3 is 2.81 bits per heavy atom. The van der Waals surface area contributed by atoms with Gasteiger partial charge in [0.1, 0.15) is 0 Å². The standard InChI is InChI=1S/C13H15BrN2/c14-12-8-16-13-7-10(1-2-11(12)13)9-3-5-15-6-4-9/h1-2,7-9,15-16H,3-6H2. The van der Waals surface area contributed by atoms with Crippen molar-refractivity contribution in [3.63, 3.8) is 0 Å². The van der Waals surface area contributed by atoms with Crippen molar-refractivity contribution in [2.24, 2.45) is 0 Å². The molecular formula is C13H15BrN2. The highest BCUT2D eigenvalue weighted by atomic mass is 79.9. The van der Waals surface area contributed by atoms with Crippen molar-refractivity contribution in [1.82, 2.24) is 10.3 Å². The number of aromatic nitrogens is 1. The van der Waals surface area contributed by atoms with E-state index in [-0.39, 0.29) is 0 Å². The Balaban J connectivity index is 1.97. The Kier molecular flexibility index (Phi) is 2.74. The number of H-pyrrole nitrogens is 1. The molecule has 0 spiro atoms. The van der Waals surface area contributed by atoms with Gasteiger partial charge in [0.15, 0.2) is 0 Å². The largest absolute Gasteiger partial charge is 0.360 e. The number of hydrogen-bond acceptors (Lipinski definition) is 1. The molecule has 16 heavy (non-hydrogen) atoms. The topological polar surface area (TPSA) is 27.8 Å². The molecule has 1 aliphatic rings. The Morgan fingerprint density at radius 2 is 2.00 bits per heavy atom. The van der Waals surface area contributed by atoms with Gasteiger partial charge in [0, 0.05) is 21.6 Å². The number of piperidine rings is 1. The van der Waals surface area contributed by atoms with Gasteiger partial charge in [-0.15, -0.1) is 0 Å². The predicted octanol–water partition coefficient (Wildman–Crippen LogP) is 3.40. The van der Waals surface area contributed by atoms with Crippen molar-refractivity contribution < 1.29 is 0 Å². The first-order valence-corrected chi connectivity index (χ1v) is 6.61. The van der Waals surface area contributed by atoms with Crippen molar-refractivity contribution in [3.05, 3.63) is 34.4 Å². The second-order valence-electron chi connectivity index (χ2n) is 4.47. The Hall–Kier alpha value is -0.800. The zero-order valence-corrected chi connectivity index (χ0v) is 10.7. The molecule has 2 heterocycles. The fraction of sp³-hybridized carbons (Fsp3) is 0.385. The van der Waals surface area contributed by atoms with Crippen LogP contribution in [0.1, 0.15) is 24.3 Å². The smallest absolute Gasteiger partial charge is 0.0468 e. The first-order valence-electron chi connectivity index (χ1n) is 5.82. The van der Waals surface area contributed by atoms with Gasteiger partial charge >= 0.3 is 0 Å². The van der Waals surface area contributed by atoms with Gasteiger partial charge in [0.2, 0.25) is 0 Å². The maximum atomic E-state index is 3.55. The van der Waals surface area contributed by atoms with E-state index in [4.69, 9.17) is 0 Å². The van der Waals surface area contributed by atoms with Crippen LogP contribution < -0.4 is 5.32 Å². The van der Waals surface area contributed by atoms with E-state index in [1.807, 2.05) is 6.20 Å². The van der Waals surface area contributed by atoms with Crippen LogP contribution in [-0.2, 0) is 0 Å². The molecule has 1 aromatic carbocycles. The van der Waals surface area contributed by atoms with Gasteiger partial charge in [-0.25, -0.2) is 0 Å². The quantitative estimate of drug-likeness (QED) is 0.822. The number of rotatable bonds is 1. The van der Waals surface area contributed by atoms with Crippen molar-refractivity contribution >= 4 is 26.8 Å². The molecule has 1 aromatic heterocycles. The van der Waals surface area contributed by atoms with E-state index in [0.29, 0.717) is 0 Å². The predicted molar refractivity (Wildman–Crippen MR) is 70.8 cm³/mol. The molecule has 1 saturated heterocycles. The number of fused-ring (bicyclic) bond motifs is 1. The van der Waals surface area contributed by atoms with Crippen LogP contribution >= 0.6 is 15.9 Å². The zero-order valence-electron chi connectivity index (χ0n) is 9.09. The number of nitrogens with one attached hydrogen (secondary N) is 2. The van der Waals surface area contributed by atoms with E-state index in [9.17, 15) is 0 Å². The molecule has 0 atom stereocenters. The summed E-state index contributed by atoms with van der Waals surface area (Å²) < 4.78 is 1.15. The number of aromatic amines is 1. The lowest BCUT2D eigenvalue weighted by molar-refractivity contribution is 0.460. The molecule has 2 aromatic rings. The lowest BCUT2D eigenvalue weighted by Gasteiger charge is -2.22. The highest BCUT2D eigenvalue weighted by Crippen LogP contribution is 2.30. The van der Waals surface area contributed by atoms with E-state index in [1.54, 1.807) is 0 Å². The molecule has 0 amide bonds. The summed E-state index contributed by atoms with van der Waals surface area (Å²) in [6.45, 7) is 2.30.